The van der Waals surface area contributed by atoms with Crippen molar-refractivity contribution in [2.24, 2.45) is 0 Å². The minimum atomic E-state index is -1.04. The van der Waals surface area contributed by atoms with E-state index in [1.54, 1.807) is 24.3 Å². The van der Waals surface area contributed by atoms with E-state index in [4.69, 9.17) is 9.52 Å². The van der Waals surface area contributed by atoms with E-state index in [9.17, 15) is 14.9 Å². The molecule has 0 unspecified atom stereocenters. The van der Waals surface area contributed by atoms with Crippen molar-refractivity contribution in [3.63, 3.8) is 0 Å². The average molecular weight is 465 g/mol. The van der Waals surface area contributed by atoms with Crippen molar-refractivity contribution in [1.29, 1.82) is 5.26 Å². The summed E-state index contributed by atoms with van der Waals surface area (Å²) >= 11 is 1.30. The van der Waals surface area contributed by atoms with Crippen LogP contribution in [0.4, 0.5) is 5.13 Å². The number of rotatable bonds is 11. The van der Waals surface area contributed by atoms with Gasteiger partial charge in [0.05, 0.1) is 5.56 Å². The lowest BCUT2D eigenvalue weighted by Gasteiger charge is -2.00. The van der Waals surface area contributed by atoms with Gasteiger partial charge in [0.2, 0.25) is 5.13 Å². The number of unbranched alkanes of at least 4 members (excludes halogenated alkanes) is 4. The van der Waals surface area contributed by atoms with Crippen LogP contribution in [0.3, 0.4) is 0 Å². The van der Waals surface area contributed by atoms with Crippen molar-refractivity contribution in [1.82, 2.24) is 10.2 Å². The lowest BCUT2D eigenvalue weighted by molar-refractivity contribution is -0.112. The lowest BCUT2D eigenvalue weighted by Crippen LogP contribution is -2.13. The largest absolute Gasteiger partial charge is 0.478 e. The minimum Gasteiger partial charge on any atom is -0.478 e. The van der Waals surface area contributed by atoms with E-state index in [1.165, 1.54) is 48.8 Å². The summed E-state index contributed by atoms with van der Waals surface area (Å²) in [6.45, 7) is 2.18. The molecule has 9 heteroatoms. The molecule has 0 saturated heterocycles. The maximum Gasteiger partial charge on any atom is 0.335 e. The molecule has 1 aromatic carbocycles. The van der Waals surface area contributed by atoms with Gasteiger partial charge in [-0.05, 0) is 30.7 Å². The van der Waals surface area contributed by atoms with Crippen LogP contribution in [0.5, 0.6) is 0 Å². The molecule has 0 atom stereocenters. The number of aromatic nitrogens is 2. The third-order valence-corrected chi connectivity index (χ3v) is 5.75. The van der Waals surface area contributed by atoms with Crippen LogP contribution >= 0.6 is 11.3 Å². The molecule has 0 aliphatic rings. The number of carboxylic acid groups (broad SMARTS) is 1. The Labute approximate surface area is 195 Å². The van der Waals surface area contributed by atoms with Gasteiger partial charge in [0, 0.05) is 18.1 Å². The number of nitriles is 1. The fourth-order valence-electron chi connectivity index (χ4n) is 3.13. The van der Waals surface area contributed by atoms with Gasteiger partial charge in [0.15, 0.2) is 0 Å². The molecule has 3 rings (SSSR count). The van der Waals surface area contributed by atoms with Crippen molar-refractivity contribution in [2.75, 3.05) is 5.32 Å². The Balaban J connectivity index is 1.63. The molecule has 2 N–H and O–H groups in total. The van der Waals surface area contributed by atoms with E-state index < -0.39 is 11.9 Å². The highest BCUT2D eigenvalue weighted by Gasteiger charge is 2.14. The first kappa shape index (κ1) is 23.9. The van der Waals surface area contributed by atoms with E-state index in [1.807, 2.05) is 6.07 Å². The number of anilines is 1. The number of benzene rings is 1. The number of carbonyl (C=O) groups is 2. The molecule has 0 spiro atoms. The average Bonchev–Trinajstić information content (AvgIpc) is 3.47. The fourth-order valence-corrected chi connectivity index (χ4v) is 3.91. The van der Waals surface area contributed by atoms with E-state index in [0.29, 0.717) is 22.2 Å². The first-order valence-electron chi connectivity index (χ1n) is 10.7. The molecule has 0 radical (unpaired) electrons. The number of hydrogen-bond donors (Lipinski definition) is 2. The summed E-state index contributed by atoms with van der Waals surface area (Å²) in [6.07, 6.45) is 7.94. The number of carbonyl (C=O) groups excluding carboxylic acids is 1. The van der Waals surface area contributed by atoms with Crippen molar-refractivity contribution in [3.8, 4) is 17.4 Å². The van der Waals surface area contributed by atoms with Crippen LogP contribution < -0.4 is 5.32 Å². The smallest absolute Gasteiger partial charge is 0.335 e. The van der Waals surface area contributed by atoms with E-state index in [0.717, 1.165) is 24.3 Å². The number of aryl methyl sites for hydroxylation is 1. The summed E-state index contributed by atoms with van der Waals surface area (Å²) in [6, 6.07) is 11.4. The maximum atomic E-state index is 12.5. The van der Waals surface area contributed by atoms with Crippen LogP contribution in [-0.4, -0.2) is 27.2 Å². The highest BCUT2D eigenvalue weighted by atomic mass is 32.1. The standard InChI is InChI=1S/C24H24N4O4S/c1-2-3-4-5-6-10-21-27-28-24(33-21)26-22(29)18(15-25)14-19-11-12-20(32-19)16-8-7-9-17(13-16)23(30)31/h7-9,11-14H,2-6,10H2,1H3,(H,30,31)(H,26,28,29)/b18-14-. The van der Waals surface area contributed by atoms with Crippen LogP contribution in [-0.2, 0) is 11.2 Å². The van der Waals surface area contributed by atoms with Gasteiger partial charge in [-0.15, -0.1) is 10.2 Å². The zero-order chi connectivity index (χ0) is 23.6. The second kappa shape index (κ2) is 11.7. The van der Waals surface area contributed by atoms with Gasteiger partial charge in [-0.1, -0.05) is 56.1 Å². The number of aromatic carboxylic acids is 1. The third kappa shape index (κ3) is 6.85. The fraction of sp³-hybridized carbons (Fsp3) is 0.292. The van der Waals surface area contributed by atoms with Crippen LogP contribution in [0.1, 0.15) is 60.2 Å². The van der Waals surface area contributed by atoms with Crippen LogP contribution in [0.2, 0.25) is 0 Å². The SMILES string of the molecule is CCCCCCCc1nnc(NC(=O)/C(C#N)=C\c2ccc(-c3cccc(C(=O)O)c3)o2)s1. The van der Waals surface area contributed by atoms with Gasteiger partial charge in [0.25, 0.3) is 5.91 Å². The van der Waals surface area contributed by atoms with Gasteiger partial charge < -0.3 is 9.52 Å². The molecular formula is C24H24N4O4S. The first-order chi connectivity index (χ1) is 16.0. The molecule has 8 nitrogen and oxygen atoms in total. The quantitative estimate of drug-likeness (QED) is 0.216. The van der Waals surface area contributed by atoms with Crippen LogP contribution in [0.15, 0.2) is 46.4 Å². The zero-order valence-electron chi connectivity index (χ0n) is 18.2. The Morgan fingerprint density at radius 2 is 2.00 bits per heavy atom. The number of nitrogens with zero attached hydrogens (tertiary/aromatic N) is 3. The van der Waals surface area contributed by atoms with Gasteiger partial charge in [0.1, 0.15) is 28.2 Å². The number of carboxylic acids is 1. The molecule has 1 amide bonds. The normalized spacial score (nSPS) is 11.2. The predicted molar refractivity (Wildman–Crippen MR) is 126 cm³/mol. The molecule has 0 saturated carbocycles. The first-order valence-corrected chi connectivity index (χ1v) is 11.5. The molecule has 0 bridgehead atoms. The maximum absolute atomic E-state index is 12.5. The van der Waals surface area contributed by atoms with Gasteiger partial charge >= 0.3 is 5.97 Å². The van der Waals surface area contributed by atoms with Crippen molar-refractivity contribution < 1.29 is 19.1 Å². The second-order valence-electron chi connectivity index (χ2n) is 7.38. The molecule has 3 aromatic rings. The summed E-state index contributed by atoms with van der Waals surface area (Å²) in [7, 11) is 0. The summed E-state index contributed by atoms with van der Waals surface area (Å²) in [5.41, 5.74) is 0.565. The van der Waals surface area contributed by atoms with Crippen molar-refractivity contribution in [3.05, 3.63) is 58.3 Å². The molecule has 170 valence electrons. The topological polar surface area (TPSA) is 129 Å². The summed E-state index contributed by atoms with van der Waals surface area (Å²) in [5.74, 6) is -0.922. The molecular weight excluding hydrogens is 440 g/mol. The van der Waals surface area contributed by atoms with Gasteiger partial charge in [-0.3, -0.25) is 10.1 Å². The Morgan fingerprint density at radius 1 is 1.18 bits per heavy atom. The monoisotopic (exact) mass is 464 g/mol. The Bertz CT molecular complexity index is 1190. The Morgan fingerprint density at radius 3 is 2.76 bits per heavy atom. The van der Waals surface area contributed by atoms with Gasteiger partial charge in [-0.25, -0.2) is 4.79 Å². The molecule has 33 heavy (non-hydrogen) atoms. The summed E-state index contributed by atoms with van der Waals surface area (Å²) in [4.78, 5) is 23.7. The number of amides is 1. The summed E-state index contributed by atoms with van der Waals surface area (Å²) in [5, 5.41) is 30.5. The van der Waals surface area contributed by atoms with Crippen molar-refractivity contribution >= 4 is 34.4 Å². The number of nitrogens with one attached hydrogen (secondary N) is 1. The number of hydrogen-bond acceptors (Lipinski definition) is 7. The van der Waals surface area contributed by atoms with Gasteiger partial charge in [-0.2, -0.15) is 5.26 Å². The summed E-state index contributed by atoms with van der Waals surface area (Å²) < 4.78 is 5.69. The Kier molecular flexibility index (Phi) is 8.49. The second-order valence-corrected chi connectivity index (χ2v) is 8.44. The Hall–Kier alpha value is -3.77. The number of furan rings is 1. The zero-order valence-corrected chi connectivity index (χ0v) is 19.0. The minimum absolute atomic E-state index is 0.135. The molecule has 0 fully saturated rings. The highest BCUT2D eigenvalue weighted by molar-refractivity contribution is 7.15. The molecule has 2 heterocycles. The predicted octanol–water partition coefficient (Wildman–Crippen LogP) is 5.55. The van der Waals surface area contributed by atoms with E-state index in [2.05, 4.69) is 22.4 Å². The molecule has 0 aliphatic heterocycles. The lowest BCUT2D eigenvalue weighted by atomic mass is 10.1. The third-order valence-electron chi connectivity index (χ3n) is 4.85. The highest BCUT2D eigenvalue weighted by Crippen LogP contribution is 2.25. The van der Waals surface area contributed by atoms with Crippen molar-refractivity contribution in [2.45, 2.75) is 45.4 Å². The molecule has 2 aromatic heterocycles. The van der Waals surface area contributed by atoms with Crippen LogP contribution in [0.25, 0.3) is 17.4 Å². The molecule has 0 aliphatic carbocycles. The van der Waals surface area contributed by atoms with E-state index >= 15 is 0 Å². The van der Waals surface area contributed by atoms with E-state index in [-0.39, 0.29) is 11.1 Å². The van der Waals surface area contributed by atoms with Crippen LogP contribution in [0, 0.1) is 11.3 Å².